The van der Waals surface area contributed by atoms with Gasteiger partial charge in [-0.2, -0.15) is 0 Å². The highest BCUT2D eigenvalue weighted by atomic mass is 35.5. The Kier molecular flexibility index (Phi) is 5.77. The lowest BCUT2D eigenvalue weighted by Crippen LogP contribution is -2.07. The first kappa shape index (κ1) is 16.2. The van der Waals surface area contributed by atoms with Crippen molar-refractivity contribution in [3.63, 3.8) is 0 Å². The molecule has 0 aromatic heterocycles. The zero-order chi connectivity index (χ0) is 15.3. The highest BCUT2D eigenvalue weighted by Gasteiger charge is 2.18. The van der Waals surface area contributed by atoms with Crippen LogP contribution in [-0.4, -0.2) is 25.5 Å². The van der Waals surface area contributed by atoms with E-state index >= 15 is 0 Å². The third kappa shape index (κ3) is 3.61. The van der Waals surface area contributed by atoms with Gasteiger partial charge in [0.2, 0.25) is 0 Å². The van der Waals surface area contributed by atoms with E-state index in [0.717, 1.165) is 17.7 Å². The molecule has 1 aromatic rings. The van der Waals surface area contributed by atoms with E-state index in [1.807, 2.05) is 13.8 Å². The van der Waals surface area contributed by atoms with Crippen LogP contribution < -0.4 is 4.74 Å². The summed E-state index contributed by atoms with van der Waals surface area (Å²) in [5.41, 5.74) is 1.77. The zero-order valence-corrected chi connectivity index (χ0v) is 12.7. The van der Waals surface area contributed by atoms with Crippen LogP contribution >= 0.6 is 11.6 Å². The maximum Gasteiger partial charge on any atom is 0.330 e. The monoisotopic (exact) mass is 296 g/mol. The van der Waals surface area contributed by atoms with E-state index < -0.39 is 5.97 Å². The van der Waals surface area contributed by atoms with E-state index in [2.05, 4.69) is 4.74 Å². The van der Waals surface area contributed by atoms with Crippen LogP contribution in [-0.2, 0) is 9.53 Å². The van der Waals surface area contributed by atoms with E-state index in [-0.39, 0.29) is 5.78 Å². The third-order valence-corrected chi connectivity index (χ3v) is 3.16. The van der Waals surface area contributed by atoms with Crippen molar-refractivity contribution in [1.82, 2.24) is 0 Å². The van der Waals surface area contributed by atoms with E-state index in [9.17, 15) is 9.59 Å². The molecule has 0 N–H and O–H groups in total. The van der Waals surface area contributed by atoms with Gasteiger partial charge in [-0.3, -0.25) is 4.79 Å². The molecule has 4 nitrogen and oxygen atoms in total. The Labute approximate surface area is 123 Å². The number of ketones is 1. The van der Waals surface area contributed by atoms with Crippen LogP contribution in [0.3, 0.4) is 0 Å². The molecule has 0 unspecified atom stereocenters. The molecule has 1 aromatic carbocycles. The van der Waals surface area contributed by atoms with Crippen molar-refractivity contribution < 1.29 is 19.1 Å². The molecular formula is C15H17ClO4. The second-order valence-electron chi connectivity index (χ2n) is 4.16. The number of halogens is 1. The first-order valence-electron chi connectivity index (χ1n) is 6.15. The minimum atomic E-state index is -0.590. The van der Waals surface area contributed by atoms with Gasteiger partial charge >= 0.3 is 5.97 Å². The lowest BCUT2D eigenvalue weighted by atomic mass is 9.99. The van der Waals surface area contributed by atoms with Crippen LogP contribution in [0.1, 0.15) is 28.4 Å². The molecule has 0 amide bonds. The summed E-state index contributed by atoms with van der Waals surface area (Å²) in [6.45, 7) is 5.82. The van der Waals surface area contributed by atoms with Crippen LogP contribution in [0.2, 0.25) is 5.02 Å². The fourth-order valence-electron chi connectivity index (χ4n) is 1.77. The van der Waals surface area contributed by atoms with Crippen molar-refractivity contribution in [2.45, 2.75) is 20.8 Å². The molecule has 5 heteroatoms. The molecule has 0 bridgehead atoms. The van der Waals surface area contributed by atoms with Crippen LogP contribution in [0.5, 0.6) is 5.75 Å². The van der Waals surface area contributed by atoms with Gasteiger partial charge in [-0.05, 0) is 44.0 Å². The van der Waals surface area contributed by atoms with Gasteiger partial charge in [0.25, 0.3) is 0 Å². The first-order valence-corrected chi connectivity index (χ1v) is 6.53. The Hall–Kier alpha value is -1.81. The van der Waals surface area contributed by atoms with E-state index in [1.54, 1.807) is 13.0 Å². The van der Waals surface area contributed by atoms with Gasteiger partial charge in [0, 0.05) is 11.1 Å². The molecule has 0 radical (unpaired) electrons. The van der Waals surface area contributed by atoms with E-state index in [0.29, 0.717) is 28.5 Å². The van der Waals surface area contributed by atoms with Crippen LogP contribution in [0.15, 0.2) is 18.2 Å². The summed E-state index contributed by atoms with van der Waals surface area (Å²) in [4.78, 5) is 23.3. The number of benzene rings is 1. The summed E-state index contributed by atoms with van der Waals surface area (Å²) in [5.74, 6) is -0.441. The van der Waals surface area contributed by atoms with Crippen molar-refractivity contribution in [2.24, 2.45) is 0 Å². The topological polar surface area (TPSA) is 52.6 Å². The minimum absolute atomic E-state index is 0.345. The zero-order valence-electron chi connectivity index (χ0n) is 12.0. The number of allylic oxidation sites excluding steroid dienone is 1. The number of rotatable bonds is 5. The average molecular weight is 297 g/mol. The maximum atomic E-state index is 12.3. The molecule has 0 atom stereocenters. The normalized spacial score (nSPS) is 10.7. The molecule has 1 rings (SSSR count). The standard InChI is InChI=1S/C15H17ClO4/c1-5-20-15-9(2)8-11(16)10(3)14(15)12(17)6-7-13(18)19-4/h6-8H,5H2,1-4H3/b7-6+. The summed E-state index contributed by atoms with van der Waals surface area (Å²) in [7, 11) is 1.25. The van der Waals surface area contributed by atoms with Gasteiger partial charge in [-0.15, -0.1) is 0 Å². The lowest BCUT2D eigenvalue weighted by molar-refractivity contribution is -0.134. The molecule has 0 aliphatic rings. The van der Waals surface area contributed by atoms with Gasteiger partial charge in [0.15, 0.2) is 5.78 Å². The number of ether oxygens (including phenoxy) is 2. The highest BCUT2D eigenvalue weighted by Crippen LogP contribution is 2.32. The minimum Gasteiger partial charge on any atom is -0.493 e. The summed E-state index contributed by atoms with van der Waals surface area (Å²) in [5, 5.41) is 0.487. The smallest absolute Gasteiger partial charge is 0.330 e. The number of hydrogen-bond acceptors (Lipinski definition) is 4. The molecular weight excluding hydrogens is 280 g/mol. The number of methoxy groups -OCH3 is 1. The quantitative estimate of drug-likeness (QED) is 0.475. The first-order chi connectivity index (χ1) is 9.42. The van der Waals surface area contributed by atoms with Crippen LogP contribution in [0.4, 0.5) is 0 Å². The fourth-order valence-corrected chi connectivity index (χ4v) is 2.03. The maximum absolute atomic E-state index is 12.3. The number of hydrogen-bond donors (Lipinski definition) is 0. The lowest BCUT2D eigenvalue weighted by Gasteiger charge is -2.15. The number of esters is 1. The predicted octanol–water partition coefficient (Wildman–Crippen LogP) is 3.27. The van der Waals surface area contributed by atoms with Gasteiger partial charge in [-0.1, -0.05) is 11.6 Å². The highest BCUT2D eigenvalue weighted by molar-refractivity contribution is 6.32. The van der Waals surface area contributed by atoms with Gasteiger partial charge in [-0.25, -0.2) is 4.79 Å². The summed E-state index contributed by atoms with van der Waals surface area (Å²) >= 11 is 6.10. The second kappa shape index (κ2) is 7.10. The Morgan fingerprint density at radius 1 is 1.30 bits per heavy atom. The molecule has 0 heterocycles. The SMILES string of the molecule is CCOc1c(C)cc(Cl)c(C)c1C(=O)/C=C/C(=O)OC. The van der Waals surface area contributed by atoms with Crippen LogP contribution in [0, 0.1) is 13.8 Å². The average Bonchev–Trinajstić information content (AvgIpc) is 2.42. The fraction of sp³-hybridized carbons (Fsp3) is 0.333. The molecule has 20 heavy (non-hydrogen) atoms. The van der Waals surface area contributed by atoms with Gasteiger partial charge in [0.05, 0.1) is 19.3 Å². The molecule has 0 saturated carbocycles. The largest absolute Gasteiger partial charge is 0.493 e. The Balaban J connectivity index is 3.30. The van der Waals surface area contributed by atoms with Gasteiger partial charge in [0.1, 0.15) is 5.75 Å². The number of carbonyl (C=O) groups is 2. The molecule has 108 valence electrons. The molecule has 0 spiro atoms. The predicted molar refractivity (Wildman–Crippen MR) is 77.6 cm³/mol. The Morgan fingerprint density at radius 2 is 1.95 bits per heavy atom. The Morgan fingerprint density at radius 3 is 2.50 bits per heavy atom. The van der Waals surface area contributed by atoms with E-state index in [1.165, 1.54) is 7.11 Å². The molecule has 0 aliphatic carbocycles. The summed E-state index contributed by atoms with van der Waals surface area (Å²) in [6, 6.07) is 1.75. The van der Waals surface area contributed by atoms with Crippen molar-refractivity contribution in [3.8, 4) is 5.75 Å². The molecule has 0 saturated heterocycles. The number of carbonyl (C=O) groups excluding carboxylic acids is 2. The summed E-state index contributed by atoms with van der Waals surface area (Å²) < 4.78 is 9.98. The number of aryl methyl sites for hydroxylation is 1. The Bertz CT molecular complexity index is 561. The van der Waals surface area contributed by atoms with Crippen LogP contribution in [0.25, 0.3) is 0 Å². The van der Waals surface area contributed by atoms with Crippen molar-refractivity contribution >= 4 is 23.4 Å². The second-order valence-corrected chi connectivity index (χ2v) is 4.57. The van der Waals surface area contributed by atoms with Crippen molar-refractivity contribution in [2.75, 3.05) is 13.7 Å². The van der Waals surface area contributed by atoms with Crippen molar-refractivity contribution in [3.05, 3.63) is 39.9 Å². The summed E-state index contributed by atoms with van der Waals surface area (Å²) in [6.07, 6.45) is 2.24. The van der Waals surface area contributed by atoms with Crippen molar-refractivity contribution in [1.29, 1.82) is 0 Å². The third-order valence-electron chi connectivity index (χ3n) is 2.77. The van der Waals surface area contributed by atoms with Gasteiger partial charge < -0.3 is 9.47 Å². The van der Waals surface area contributed by atoms with E-state index in [4.69, 9.17) is 16.3 Å². The molecule has 0 aliphatic heterocycles. The molecule has 0 fully saturated rings.